The van der Waals surface area contributed by atoms with Crippen molar-refractivity contribution in [3.8, 4) is 11.5 Å². The maximum atomic E-state index is 13.2. The predicted octanol–water partition coefficient (Wildman–Crippen LogP) is 3.27. The number of amides is 1. The number of para-hydroxylation sites is 1. The average Bonchev–Trinajstić information content (AvgIpc) is 2.73. The van der Waals surface area contributed by atoms with Crippen molar-refractivity contribution in [2.24, 2.45) is 0 Å². The molecular weight excluding hydrogens is 392 g/mol. The van der Waals surface area contributed by atoms with Crippen molar-refractivity contribution in [2.45, 2.75) is 36.6 Å². The molecule has 29 heavy (non-hydrogen) atoms. The monoisotopic (exact) mass is 416 g/mol. The first-order valence-electron chi connectivity index (χ1n) is 9.73. The molecule has 1 fully saturated rings. The smallest absolute Gasteiger partial charge is 0.265 e. The highest BCUT2D eigenvalue weighted by molar-refractivity contribution is 7.92. The first-order valence-corrected chi connectivity index (χ1v) is 11.2. The van der Waals surface area contributed by atoms with Gasteiger partial charge in [0.1, 0.15) is 16.4 Å². The summed E-state index contributed by atoms with van der Waals surface area (Å²) in [6, 6.07) is 11.4. The van der Waals surface area contributed by atoms with E-state index in [1.807, 2.05) is 4.90 Å². The van der Waals surface area contributed by atoms with E-state index < -0.39 is 10.0 Å². The number of fused-ring (bicyclic) bond motifs is 2. The van der Waals surface area contributed by atoms with Crippen molar-refractivity contribution >= 4 is 21.6 Å². The molecule has 0 radical (unpaired) electrons. The minimum Gasteiger partial charge on any atom is -0.495 e. The lowest BCUT2D eigenvalue weighted by Gasteiger charge is -2.37. The standard InChI is InChI=1S/C21H24N2O5S/c1-27-19-7-2-3-8-20(19)29(25,26)22-15-9-10-18-17(14-15)21(24)23-12-5-4-6-16(23)11-13-28-18/h2-3,7-10,14,16,22H,4-6,11-13H2,1H3. The molecular formula is C21H24N2O5S. The van der Waals surface area contributed by atoms with Gasteiger partial charge in [0.15, 0.2) is 0 Å². The van der Waals surface area contributed by atoms with E-state index in [1.54, 1.807) is 36.4 Å². The molecule has 0 spiro atoms. The molecule has 1 atom stereocenters. The van der Waals surface area contributed by atoms with Gasteiger partial charge in [-0.1, -0.05) is 12.1 Å². The number of ether oxygens (including phenoxy) is 2. The third-order valence-electron chi connectivity index (χ3n) is 5.42. The molecule has 2 aromatic carbocycles. The summed E-state index contributed by atoms with van der Waals surface area (Å²) in [6.45, 7) is 1.26. The third-order valence-corrected chi connectivity index (χ3v) is 6.84. The average molecular weight is 416 g/mol. The van der Waals surface area contributed by atoms with Gasteiger partial charge in [0.2, 0.25) is 0 Å². The number of benzene rings is 2. The fourth-order valence-electron chi connectivity index (χ4n) is 3.97. The van der Waals surface area contributed by atoms with Crippen LogP contribution in [0.15, 0.2) is 47.4 Å². The molecule has 2 aromatic rings. The molecule has 2 aliphatic heterocycles. The van der Waals surface area contributed by atoms with Crippen LogP contribution in [0.25, 0.3) is 0 Å². The summed E-state index contributed by atoms with van der Waals surface area (Å²) in [5.41, 5.74) is 0.692. The largest absolute Gasteiger partial charge is 0.495 e. The second-order valence-electron chi connectivity index (χ2n) is 7.25. The van der Waals surface area contributed by atoms with Gasteiger partial charge < -0.3 is 14.4 Å². The molecule has 4 rings (SSSR count). The lowest BCUT2D eigenvalue weighted by molar-refractivity contribution is 0.0548. The van der Waals surface area contributed by atoms with Crippen LogP contribution in [0.4, 0.5) is 5.69 Å². The first-order chi connectivity index (χ1) is 14.0. The number of hydrogen-bond acceptors (Lipinski definition) is 5. The van der Waals surface area contributed by atoms with Gasteiger partial charge in [-0.2, -0.15) is 0 Å². The van der Waals surface area contributed by atoms with Gasteiger partial charge in [-0.25, -0.2) is 8.42 Å². The Hall–Kier alpha value is -2.74. The zero-order chi connectivity index (χ0) is 20.4. The quantitative estimate of drug-likeness (QED) is 0.827. The number of rotatable bonds is 4. The Morgan fingerprint density at radius 3 is 2.79 bits per heavy atom. The highest BCUT2D eigenvalue weighted by Gasteiger charge is 2.31. The summed E-state index contributed by atoms with van der Waals surface area (Å²) in [5, 5.41) is 0. The van der Waals surface area contributed by atoms with Crippen LogP contribution in [0.5, 0.6) is 11.5 Å². The highest BCUT2D eigenvalue weighted by Crippen LogP contribution is 2.32. The maximum absolute atomic E-state index is 13.2. The molecule has 7 nitrogen and oxygen atoms in total. The molecule has 1 saturated heterocycles. The van der Waals surface area contributed by atoms with Crippen LogP contribution in [0.2, 0.25) is 0 Å². The van der Waals surface area contributed by atoms with Crippen LogP contribution in [0, 0.1) is 0 Å². The van der Waals surface area contributed by atoms with Gasteiger partial charge in [0, 0.05) is 24.7 Å². The van der Waals surface area contributed by atoms with Crippen LogP contribution >= 0.6 is 0 Å². The van der Waals surface area contributed by atoms with Crippen LogP contribution in [0.1, 0.15) is 36.0 Å². The second-order valence-corrected chi connectivity index (χ2v) is 8.90. The van der Waals surface area contributed by atoms with Crippen molar-refractivity contribution in [3.63, 3.8) is 0 Å². The van der Waals surface area contributed by atoms with Gasteiger partial charge in [-0.15, -0.1) is 0 Å². The zero-order valence-corrected chi connectivity index (χ0v) is 17.1. The molecule has 1 unspecified atom stereocenters. The number of hydrogen-bond donors (Lipinski definition) is 1. The van der Waals surface area contributed by atoms with Crippen molar-refractivity contribution in [3.05, 3.63) is 48.0 Å². The van der Waals surface area contributed by atoms with Crippen LogP contribution in [-0.2, 0) is 10.0 Å². The lowest BCUT2D eigenvalue weighted by Crippen LogP contribution is -2.45. The molecule has 0 saturated carbocycles. The first kappa shape index (κ1) is 19.6. The zero-order valence-electron chi connectivity index (χ0n) is 16.3. The Morgan fingerprint density at radius 1 is 1.14 bits per heavy atom. The number of carbonyl (C=O) groups excluding carboxylic acids is 1. The van der Waals surface area contributed by atoms with Crippen molar-refractivity contribution in [1.82, 2.24) is 4.90 Å². The van der Waals surface area contributed by atoms with E-state index >= 15 is 0 Å². The molecule has 1 N–H and O–H groups in total. The van der Waals surface area contributed by atoms with Gasteiger partial charge in [0.25, 0.3) is 15.9 Å². The van der Waals surface area contributed by atoms with E-state index in [1.165, 1.54) is 13.2 Å². The lowest BCUT2D eigenvalue weighted by atomic mass is 9.97. The fraction of sp³-hybridized carbons (Fsp3) is 0.381. The molecule has 8 heteroatoms. The normalized spacial score (nSPS) is 19.3. The molecule has 2 heterocycles. The molecule has 154 valence electrons. The van der Waals surface area contributed by atoms with E-state index in [2.05, 4.69) is 4.72 Å². The van der Waals surface area contributed by atoms with Crippen molar-refractivity contribution < 1.29 is 22.7 Å². The van der Waals surface area contributed by atoms with Gasteiger partial charge in [0.05, 0.1) is 19.3 Å². The second kappa shape index (κ2) is 7.94. The summed E-state index contributed by atoms with van der Waals surface area (Å²) in [5.74, 6) is 0.629. The van der Waals surface area contributed by atoms with E-state index in [4.69, 9.17) is 9.47 Å². The van der Waals surface area contributed by atoms with Crippen LogP contribution < -0.4 is 14.2 Å². The Balaban J connectivity index is 1.66. The number of piperidine rings is 1. The maximum Gasteiger partial charge on any atom is 0.265 e. The van der Waals surface area contributed by atoms with Gasteiger partial charge in [-0.05, 0) is 49.6 Å². The van der Waals surface area contributed by atoms with Crippen LogP contribution in [-0.4, -0.2) is 45.5 Å². The van der Waals surface area contributed by atoms with E-state index in [0.717, 1.165) is 32.2 Å². The van der Waals surface area contributed by atoms with Gasteiger partial charge >= 0.3 is 0 Å². The summed E-state index contributed by atoms with van der Waals surface area (Å²) in [4.78, 5) is 15.1. The molecule has 0 bridgehead atoms. The SMILES string of the molecule is COc1ccccc1S(=O)(=O)Nc1ccc2c(c1)C(=O)N1CCCCC1CCO2. The summed E-state index contributed by atoms with van der Waals surface area (Å²) < 4.78 is 39.3. The molecule has 2 aliphatic rings. The number of methoxy groups -OCH3 is 1. The molecule has 1 amide bonds. The van der Waals surface area contributed by atoms with E-state index in [-0.39, 0.29) is 22.6 Å². The number of anilines is 1. The number of nitrogens with one attached hydrogen (secondary N) is 1. The number of nitrogens with zero attached hydrogens (tertiary/aromatic N) is 1. The molecule has 0 aliphatic carbocycles. The minimum absolute atomic E-state index is 0.0351. The number of carbonyl (C=O) groups is 1. The Bertz CT molecular complexity index is 1020. The fourth-order valence-corrected chi connectivity index (χ4v) is 5.19. The topological polar surface area (TPSA) is 84.9 Å². The van der Waals surface area contributed by atoms with Crippen molar-refractivity contribution in [1.29, 1.82) is 0 Å². The van der Waals surface area contributed by atoms with E-state index in [9.17, 15) is 13.2 Å². The van der Waals surface area contributed by atoms with Crippen LogP contribution in [0.3, 0.4) is 0 Å². The Morgan fingerprint density at radius 2 is 1.97 bits per heavy atom. The molecule has 0 aromatic heterocycles. The van der Waals surface area contributed by atoms with E-state index in [0.29, 0.717) is 23.6 Å². The van der Waals surface area contributed by atoms with Gasteiger partial charge in [-0.3, -0.25) is 9.52 Å². The summed E-state index contributed by atoms with van der Waals surface area (Å²) in [6.07, 6.45) is 3.89. The van der Waals surface area contributed by atoms with Crippen molar-refractivity contribution in [2.75, 3.05) is 25.0 Å². The summed E-state index contributed by atoms with van der Waals surface area (Å²) in [7, 11) is -2.46. The summed E-state index contributed by atoms with van der Waals surface area (Å²) >= 11 is 0. The predicted molar refractivity (Wildman–Crippen MR) is 109 cm³/mol. The number of sulfonamides is 1. The Labute approximate surface area is 170 Å². The minimum atomic E-state index is -3.88. The Kier molecular flexibility index (Phi) is 5.36. The third kappa shape index (κ3) is 3.89. The highest BCUT2D eigenvalue weighted by atomic mass is 32.2.